The van der Waals surface area contributed by atoms with Crippen LogP contribution in [-0.4, -0.2) is 34.9 Å². The van der Waals surface area contributed by atoms with Crippen LogP contribution in [0.15, 0.2) is 0 Å². The van der Waals surface area contributed by atoms with Gasteiger partial charge in [-0.15, -0.1) is 0 Å². The van der Waals surface area contributed by atoms with Crippen LogP contribution in [0, 0.1) is 13.8 Å². The van der Waals surface area contributed by atoms with Gasteiger partial charge in [0.15, 0.2) is 0 Å². The molecule has 0 radical (unpaired) electrons. The predicted octanol–water partition coefficient (Wildman–Crippen LogP) is 0.623. The van der Waals surface area contributed by atoms with Gasteiger partial charge in [-0.3, -0.25) is 9.48 Å². The van der Waals surface area contributed by atoms with E-state index >= 15 is 0 Å². The number of nitrogen functional groups attached to an aromatic ring is 1. The minimum atomic E-state index is -0.0906. The molecule has 18 heavy (non-hydrogen) atoms. The molecule has 1 aromatic rings. The van der Waals surface area contributed by atoms with Crippen molar-refractivity contribution in [1.29, 1.82) is 0 Å². The third kappa shape index (κ3) is 3.73. The minimum absolute atomic E-state index is 0.0180. The first-order valence-corrected chi connectivity index (χ1v) is 6.13. The first-order valence-electron chi connectivity index (χ1n) is 6.13. The van der Waals surface area contributed by atoms with Gasteiger partial charge in [-0.2, -0.15) is 5.10 Å². The van der Waals surface area contributed by atoms with Crippen molar-refractivity contribution in [3.8, 4) is 0 Å². The monoisotopic (exact) mass is 254 g/mol. The fourth-order valence-electron chi connectivity index (χ4n) is 1.66. The Morgan fingerprint density at radius 3 is 2.72 bits per heavy atom. The van der Waals surface area contributed by atoms with E-state index < -0.39 is 0 Å². The first kappa shape index (κ1) is 14.5. The van der Waals surface area contributed by atoms with Crippen molar-refractivity contribution in [3.63, 3.8) is 0 Å². The van der Waals surface area contributed by atoms with Crippen LogP contribution in [0.25, 0.3) is 0 Å². The zero-order chi connectivity index (χ0) is 13.7. The van der Waals surface area contributed by atoms with E-state index in [1.165, 1.54) is 0 Å². The molecule has 0 saturated carbocycles. The van der Waals surface area contributed by atoms with Crippen molar-refractivity contribution in [3.05, 3.63) is 11.4 Å². The number of nitrogens with two attached hydrogens (primary N) is 1. The van der Waals surface area contributed by atoms with Crippen molar-refractivity contribution in [2.24, 2.45) is 0 Å². The van der Waals surface area contributed by atoms with Crippen LogP contribution in [0.5, 0.6) is 0 Å². The quantitative estimate of drug-likeness (QED) is 0.780. The number of amides is 1. The second-order valence-corrected chi connectivity index (χ2v) is 4.31. The lowest BCUT2D eigenvalue weighted by molar-refractivity contribution is -0.122. The summed E-state index contributed by atoms with van der Waals surface area (Å²) in [5.41, 5.74) is 8.02. The van der Waals surface area contributed by atoms with Gasteiger partial charge in [-0.05, 0) is 27.7 Å². The molecule has 0 fully saturated rings. The van der Waals surface area contributed by atoms with Gasteiger partial charge < -0.3 is 15.8 Å². The molecule has 0 aromatic carbocycles. The van der Waals surface area contributed by atoms with Crippen LogP contribution >= 0.6 is 0 Å². The smallest absolute Gasteiger partial charge is 0.241 e. The Morgan fingerprint density at radius 2 is 2.22 bits per heavy atom. The summed E-state index contributed by atoms with van der Waals surface area (Å²) in [4.78, 5) is 11.7. The zero-order valence-electron chi connectivity index (χ0n) is 11.5. The third-order valence-corrected chi connectivity index (χ3v) is 2.77. The van der Waals surface area contributed by atoms with Crippen LogP contribution < -0.4 is 11.1 Å². The molecule has 0 aliphatic carbocycles. The van der Waals surface area contributed by atoms with Gasteiger partial charge in [-0.25, -0.2) is 0 Å². The first-order chi connectivity index (χ1) is 8.45. The lowest BCUT2D eigenvalue weighted by atomic mass is 10.3. The van der Waals surface area contributed by atoms with Gasteiger partial charge in [0, 0.05) is 13.2 Å². The summed E-state index contributed by atoms with van der Waals surface area (Å²) in [5.74, 6) is -0.0906. The van der Waals surface area contributed by atoms with E-state index in [1.54, 1.807) is 4.68 Å². The van der Waals surface area contributed by atoms with E-state index in [0.29, 0.717) is 18.8 Å². The van der Waals surface area contributed by atoms with Gasteiger partial charge in [0.2, 0.25) is 5.91 Å². The van der Waals surface area contributed by atoms with Crippen LogP contribution in [0.1, 0.15) is 25.2 Å². The van der Waals surface area contributed by atoms with Crippen molar-refractivity contribution in [1.82, 2.24) is 15.1 Å². The molecule has 0 spiro atoms. The van der Waals surface area contributed by atoms with E-state index in [4.69, 9.17) is 10.5 Å². The molecule has 0 aliphatic rings. The summed E-state index contributed by atoms with van der Waals surface area (Å²) in [6, 6.07) is 0. The van der Waals surface area contributed by atoms with Crippen LogP contribution in [0.3, 0.4) is 0 Å². The molecule has 1 aromatic heterocycles. The second kappa shape index (κ2) is 6.39. The Morgan fingerprint density at radius 1 is 1.56 bits per heavy atom. The summed E-state index contributed by atoms with van der Waals surface area (Å²) in [6.45, 7) is 8.86. The Kier molecular flexibility index (Phi) is 5.15. The van der Waals surface area contributed by atoms with E-state index in [9.17, 15) is 4.79 Å². The van der Waals surface area contributed by atoms with Crippen LogP contribution in [-0.2, 0) is 16.1 Å². The normalized spacial score (nSPS) is 12.4. The molecule has 0 aliphatic heterocycles. The molecule has 0 saturated heterocycles. The van der Waals surface area contributed by atoms with Gasteiger partial charge in [0.1, 0.15) is 6.54 Å². The topological polar surface area (TPSA) is 82.2 Å². The number of hydrogen-bond donors (Lipinski definition) is 2. The number of nitrogens with zero attached hydrogens (tertiary/aromatic N) is 2. The Hall–Kier alpha value is -1.56. The van der Waals surface area contributed by atoms with E-state index in [0.717, 1.165) is 11.4 Å². The number of anilines is 1. The molecule has 1 unspecified atom stereocenters. The summed E-state index contributed by atoms with van der Waals surface area (Å²) in [5, 5.41) is 7.02. The van der Waals surface area contributed by atoms with Gasteiger partial charge >= 0.3 is 0 Å². The molecule has 6 heteroatoms. The molecule has 1 rings (SSSR count). The summed E-state index contributed by atoms with van der Waals surface area (Å²) < 4.78 is 6.95. The minimum Gasteiger partial charge on any atom is -0.396 e. The predicted molar refractivity (Wildman–Crippen MR) is 70.2 cm³/mol. The maximum Gasteiger partial charge on any atom is 0.241 e. The fourth-order valence-corrected chi connectivity index (χ4v) is 1.66. The maximum atomic E-state index is 11.7. The molecule has 102 valence electrons. The standard InChI is InChI=1S/C12H22N4O2/c1-5-18-8(2)6-14-11(17)7-16-10(4)12(13)9(3)15-16/h8H,5-7,13H2,1-4H3,(H,14,17). The Bertz CT molecular complexity index is 414. The molecule has 1 amide bonds. The van der Waals surface area contributed by atoms with Crippen molar-refractivity contribution in [2.75, 3.05) is 18.9 Å². The highest BCUT2D eigenvalue weighted by atomic mass is 16.5. The van der Waals surface area contributed by atoms with Gasteiger partial charge in [-0.1, -0.05) is 0 Å². The maximum absolute atomic E-state index is 11.7. The number of nitrogens with one attached hydrogen (secondary N) is 1. The Labute approximate surface area is 107 Å². The Balaban J connectivity index is 2.47. The average Bonchev–Trinajstić information content (AvgIpc) is 2.55. The van der Waals surface area contributed by atoms with E-state index in [2.05, 4.69) is 10.4 Å². The number of rotatable bonds is 6. The van der Waals surface area contributed by atoms with E-state index in [-0.39, 0.29) is 18.6 Å². The molecular weight excluding hydrogens is 232 g/mol. The summed E-state index contributed by atoms with van der Waals surface area (Å²) in [6.07, 6.45) is 0.0180. The van der Waals surface area contributed by atoms with Gasteiger partial charge in [0.25, 0.3) is 0 Å². The summed E-state index contributed by atoms with van der Waals surface area (Å²) in [7, 11) is 0. The highest BCUT2D eigenvalue weighted by molar-refractivity contribution is 5.75. The molecule has 1 atom stereocenters. The lowest BCUT2D eigenvalue weighted by Gasteiger charge is -2.12. The van der Waals surface area contributed by atoms with Crippen molar-refractivity contribution >= 4 is 11.6 Å². The third-order valence-electron chi connectivity index (χ3n) is 2.77. The fraction of sp³-hybridized carbons (Fsp3) is 0.667. The largest absolute Gasteiger partial charge is 0.396 e. The zero-order valence-corrected chi connectivity index (χ0v) is 11.5. The number of aryl methyl sites for hydroxylation is 1. The second-order valence-electron chi connectivity index (χ2n) is 4.31. The summed E-state index contributed by atoms with van der Waals surface area (Å²) >= 11 is 0. The SMILES string of the molecule is CCOC(C)CNC(=O)Cn1nc(C)c(N)c1C. The molecule has 3 N–H and O–H groups in total. The number of ether oxygens (including phenoxy) is 1. The molecular formula is C12H22N4O2. The average molecular weight is 254 g/mol. The van der Waals surface area contributed by atoms with Crippen molar-refractivity contribution in [2.45, 2.75) is 40.3 Å². The lowest BCUT2D eigenvalue weighted by Crippen LogP contribution is -2.34. The van der Waals surface area contributed by atoms with Gasteiger partial charge in [0.05, 0.1) is 23.2 Å². The number of carbonyl (C=O) groups excluding carboxylic acids is 1. The number of aromatic nitrogens is 2. The molecule has 6 nitrogen and oxygen atoms in total. The van der Waals surface area contributed by atoms with Crippen LogP contribution in [0.4, 0.5) is 5.69 Å². The number of hydrogen-bond acceptors (Lipinski definition) is 4. The van der Waals surface area contributed by atoms with Crippen molar-refractivity contribution < 1.29 is 9.53 Å². The molecule has 0 bridgehead atoms. The highest BCUT2D eigenvalue weighted by Gasteiger charge is 2.11. The highest BCUT2D eigenvalue weighted by Crippen LogP contribution is 2.14. The molecule has 1 heterocycles. The van der Waals surface area contributed by atoms with Crippen LogP contribution in [0.2, 0.25) is 0 Å². The van der Waals surface area contributed by atoms with E-state index in [1.807, 2.05) is 27.7 Å². The number of carbonyl (C=O) groups is 1.